The SMILES string of the molecule is CN(C)CCCn1c(=O)c2c3ccc4ccc5c6c(=O)n(CCCN(C)C)c(=O)c6c6ccc7ccc(c2c1=O)c1c7c6c5c4c31. The molecule has 0 amide bonds. The van der Waals surface area contributed by atoms with Gasteiger partial charge in [-0.3, -0.25) is 28.3 Å². The molecule has 0 saturated heterocycles. The maximum Gasteiger partial charge on any atom is 0.262 e. The molecule has 2 aromatic heterocycles. The summed E-state index contributed by atoms with van der Waals surface area (Å²) in [6.07, 6.45) is 1.37. The third kappa shape index (κ3) is 3.30. The third-order valence-electron chi connectivity index (χ3n) is 10.3. The Labute approximate surface area is 261 Å². The maximum atomic E-state index is 14.1. The molecule has 0 unspecified atom stereocenters. The predicted octanol–water partition coefficient (Wildman–Crippen LogP) is 5.05. The van der Waals surface area contributed by atoms with Crippen LogP contribution in [0.15, 0.2) is 67.7 Å². The van der Waals surface area contributed by atoms with Crippen molar-refractivity contribution in [2.45, 2.75) is 25.9 Å². The summed E-state index contributed by atoms with van der Waals surface area (Å²) in [5.74, 6) is 0. The molecule has 0 atom stereocenters. The summed E-state index contributed by atoms with van der Waals surface area (Å²) < 4.78 is 2.81. The Bertz CT molecular complexity index is 2530. The molecule has 0 aliphatic heterocycles. The van der Waals surface area contributed by atoms with Crippen LogP contribution in [0.2, 0.25) is 0 Å². The fraction of sp³-hybridized carbons (Fsp3) is 0.263. The number of benzene rings is 7. The molecule has 0 spiro atoms. The van der Waals surface area contributed by atoms with Crippen molar-refractivity contribution in [3.05, 3.63) is 89.9 Å². The normalized spacial score (nSPS) is 13.2. The topological polar surface area (TPSA) is 84.6 Å². The van der Waals surface area contributed by atoms with Crippen LogP contribution in [0.5, 0.6) is 0 Å². The fourth-order valence-electron chi connectivity index (χ4n) is 8.36. The molecule has 0 N–H and O–H groups in total. The Hall–Kier alpha value is -4.92. The summed E-state index contributed by atoms with van der Waals surface area (Å²) >= 11 is 0. The molecule has 7 aromatic carbocycles. The van der Waals surface area contributed by atoms with E-state index in [0.29, 0.717) is 47.5 Å². The van der Waals surface area contributed by atoms with E-state index in [-0.39, 0.29) is 22.2 Å². The smallest absolute Gasteiger partial charge is 0.262 e. The van der Waals surface area contributed by atoms with Crippen molar-refractivity contribution in [3.8, 4) is 0 Å². The third-order valence-corrected chi connectivity index (χ3v) is 10.3. The Morgan fingerprint density at radius 2 is 0.696 bits per heavy atom. The van der Waals surface area contributed by atoms with Gasteiger partial charge in [-0.2, -0.15) is 0 Å². The van der Waals surface area contributed by atoms with Crippen LogP contribution in [-0.4, -0.2) is 60.2 Å². The van der Waals surface area contributed by atoms with Crippen molar-refractivity contribution in [2.75, 3.05) is 41.3 Å². The van der Waals surface area contributed by atoms with Gasteiger partial charge >= 0.3 is 0 Å². The van der Waals surface area contributed by atoms with Crippen molar-refractivity contribution in [2.24, 2.45) is 0 Å². The average molecular weight is 609 g/mol. The summed E-state index contributed by atoms with van der Waals surface area (Å²) in [4.78, 5) is 60.4. The van der Waals surface area contributed by atoms with Gasteiger partial charge in [0.15, 0.2) is 0 Å². The molecule has 9 rings (SSSR count). The van der Waals surface area contributed by atoms with Gasteiger partial charge in [0.25, 0.3) is 22.2 Å². The van der Waals surface area contributed by atoms with E-state index >= 15 is 0 Å². The van der Waals surface area contributed by atoms with Gasteiger partial charge in [0.2, 0.25) is 0 Å². The van der Waals surface area contributed by atoms with Gasteiger partial charge in [0, 0.05) is 13.1 Å². The minimum atomic E-state index is -0.251. The van der Waals surface area contributed by atoms with E-state index in [4.69, 9.17) is 0 Å². The van der Waals surface area contributed by atoms with Crippen LogP contribution in [-0.2, 0) is 13.1 Å². The molecule has 228 valence electrons. The molecule has 0 bridgehead atoms. The second-order valence-corrected chi connectivity index (χ2v) is 13.5. The summed E-state index contributed by atoms with van der Waals surface area (Å²) in [6.45, 7) is 2.24. The van der Waals surface area contributed by atoms with Crippen molar-refractivity contribution < 1.29 is 0 Å². The quantitative estimate of drug-likeness (QED) is 0.177. The average Bonchev–Trinajstić information content (AvgIpc) is 3.44. The van der Waals surface area contributed by atoms with Crippen LogP contribution >= 0.6 is 0 Å². The van der Waals surface area contributed by atoms with E-state index in [1.807, 2.05) is 86.5 Å². The monoisotopic (exact) mass is 608 g/mol. The second kappa shape index (κ2) is 9.31. The van der Waals surface area contributed by atoms with Gasteiger partial charge in [0.05, 0.1) is 21.5 Å². The van der Waals surface area contributed by atoms with E-state index in [2.05, 4.69) is 0 Å². The van der Waals surface area contributed by atoms with Crippen molar-refractivity contribution in [1.29, 1.82) is 0 Å². The largest absolute Gasteiger partial charge is 0.309 e. The number of fused-ring (bicyclic) bond motifs is 6. The maximum absolute atomic E-state index is 14.1. The highest BCUT2D eigenvalue weighted by Crippen LogP contribution is 2.51. The molecule has 0 fully saturated rings. The molecule has 0 saturated carbocycles. The van der Waals surface area contributed by atoms with E-state index in [0.717, 1.165) is 77.7 Å². The second-order valence-electron chi connectivity index (χ2n) is 13.5. The molecular weight excluding hydrogens is 576 g/mol. The van der Waals surface area contributed by atoms with Crippen LogP contribution < -0.4 is 22.2 Å². The van der Waals surface area contributed by atoms with Crippen LogP contribution in [0.1, 0.15) is 12.8 Å². The number of rotatable bonds is 8. The lowest BCUT2D eigenvalue weighted by molar-refractivity contribution is 0.384. The van der Waals surface area contributed by atoms with Crippen LogP contribution in [0.4, 0.5) is 0 Å². The number of nitrogens with zero attached hydrogens (tertiary/aromatic N) is 4. The highest BCUT2D eigenvalue weighted by Gasteiger charge is 2.29. The van der Waals surface area contributed by atoms with Crippen LogP contribution in [0, 0.1) is 0 Å². The Kier molecular flexibility index (Phi) is 5.55. The summed E-state index contributed by atoms with van der Waals surface area (Å²) in [7, 11) is 7.92. The van der Waals surface area contributed by atoms with Crippen LogP contribution in [0.3, 0.4) is 0 Å². The Morgan fingerprint density at radius 3 is 0.957 bits per heavy atom. The van der Waals surface area contributed by atoms with Gasteiger partial charge in [-0.15, -0.1) is 0 Å². The van der Waals surface area contributed by atoms with E-state index in [1.54, 1.807) is 0 Å². The van der Waals surface area contributed by atoms with Gasteiger partial charge in [-0.05, 0) is 119 Å². The first kappa shape index (κ1) is 27.4. The van der Waals surface area contributed by atoms with Crippen LogP contribution in [0.25, 0.3) is 86.2 Å². The standard InChI is InChI=1S/C38H32N4O4/c1-39(2)15-5-17-41-35(43)31-21-11-7-19-9-13-23-29-25(19)27(21)28-22(32(31)36(41)44)12-8-20-10-14-24(30(29)26(20)28)34-33(23)37(45)42(38(34)46)18-6-16-40(3)4/h7-14H,5-6,15-18H2,1-4H3. The minimum absolute atomic E-state index is 0.251. The molecule has 2 heterocycles. The first-order valence-corrected chi connectivity index (χ1v) is 15.9. The molecule has 0 aliphatic rings. The number of hydrogen-bond donors (Lipinski definition) is 0. The molecule has 0 radical (unpaired) electrons. The van der Waals surface area contributed by atoms with Crippen molar-refractivity contribution in [3.63, 3.8) is 0 Å². The minimum Gasteiger partial charge on any atom is -0.309 e. The van der Waals surface area contributed by atoms with Gasteiger partial charge in [-0.25, -0.2) is 0 Å². The summed E-state index contributed by atoms with van der Waals surface area (Å²) in [6, 6.07) is 16.0. The first-order valence-electron chi connectivity index (χ1n) is 15.9. The summed E-state index contributed by atoms with van der Waals surface area (Å²) in [5.41, 5.74) is -1.00. The first-order chi connectivity index (χ1) is 22.2. The molecule has 9 aromatic rings. The van der Waals surface area contributed by atoms with E-state index in [1.165, 1.54) is 9.13 Å². The summed E-state index contributed by atoms with van der Waals surface area (Å²) in [5, 5.41) is 12.6. The van der Waals surface area contributed by atoms with Gasteiger partial charge in [-0.1, -0.05) is 48.5 Å². The Balaban J connectivity index is 1.50. The predicted molar refractivity (Wildman–Crippen MR) is 190 cm³/mol. The molecule has 8 nitrogen and oxygen atoms in total. The number of aromatic nitrogens is 2. The lowest BCUT2D eigenvalue weighted by atomic mass is 9.80. The van der Waals surface area contributed by atoms with Gasteiger partial charge in [0.1, 0.15) is 0 Å². The molecule has 0 aliphatic carbocycles. The number of hydrogen-bond acceptors (Lipinski definition) is 6. The van der Waals surface area contributed by atoms with Gasteiger partial charge < -0.3 is 9.80 Å². The lowest BCUT2D eigenvalue weighted by Crippen LogP contribution is -2.27. The Morgan fingerprint density at radius 1 is 0.413 bits per heavy atom. The molecule has 8 heteroatoms. The molecule has 46 heavy (non-hydrogen) atoms. The zero-order valence-corrected chi connectivity index (χ0v) is 26.3. The lowest BCUT2D eigenvalue weighted by Gasteiger charge is -2.21. The zero-order chi connectivity index (χ0) is 31.8. The fourth-order valence-corrected chi connectivity index (χ4v) is 8.36. The van der Waals surface area contributed by atoms with E-state index in [9.17, 15) is 19.2 Å². The highest BCUT2D eigenvalue weighted by atomic mass is 16.2. The molecular formula is C38H32N4O4. The highest BCUT2D eigenvalue weighted by molar-refractivity contribution is 6.50. The zero-order valence-electron chi connectivity index (χ0n) is 26.3. The van der Waals surface area contributed by atoms with Crippen molar-refractivity contribution in [1.82, 2.24) is 18.9 Å². The van der Waals surface area contributed by atoms with Crippen molar-refractivity contribution >= 4 is 86.2 Å². The van der Waals surface area contributed by atoms with E-state index < -0.39 is 0 Å².